The molecule has 1 aromatic heterocycles. The first-order chi connectivity index (χ1) is 19.5. The van der Waals surface area contributed by atoms with Crippen LogP contribution in [0.3, 0.4) is 0 Å². The van der Waals surface area contributed by atoms with Crippen LogP contribution in [0, 0.1) is 0 Å². The first-order valence-electron chi connectivity index (χ1n) is 13.3. The number of ether oxygens (including phenoxy) is 2. The van der Waals surface area contributed by atoms with Crippen molar-refractivity contribution in [1.82, 2.24) is 15.3 Å². The zero-order valence-electron chi connectivity index (χ0n) is 22.5. The first kappa shape index (κ1) is 26.9. The molecule has 1 heterocycles. The van der Waals surface area contributed by atoms with Crippen LogP contribution < -0.4 is 14.8 Å². The van der Waals surface area contributed by atoms with Gasteiger partial charge in [-0.2, -0.15) is 9.97 Å². The number of fused-ring (bicyclic) bond motifs is 1. The molecule has 0 aliphatic heterocycles. The number of nitrogens with zero attached hydrogens (tertiary/aromatic N) is 2. The predicted octanol–water partition coefficient (Wildman–Crippen LogP) is 4.74. The first-order valence-corrected chi connectivity index (χ1v) is 13.3. The Hall–Kier alpha value is -4.72. The third-order valence-corrected chi connectivity index (χ3v) is 7.30. The van der Waals surface area contributed by atoms with Gasteiger partial charge in [-0.3, -0.25) is 4.79 Å². The van der Waals surface area contributed by atoms with Crippen LogP contribution in [0.4, 0.5) is 0 Å². The summed E-state index contributed by atoms with van der Waals surface area (Å²) in [5.74, 6) is -1.37. The highest BCUT2D eigenvalue weighted by molar-refractivity contribution is 5.96. The van der Waals surface area contributed by atoms with Crippen molar-refractivity contribution in [3.05, 3.63) is 118 Å². The number of hydrogen-bond acceptors (Lipinski definition) is 6. The molecule has 0 saturated heterocycles. The van der Waals surface area contributed by atoms with E-state index in [-0.39, 0.29) is 6.01 Å². The molecule has 0 fully saturated rings. The van der Waals surface area contributed by atoms with E-state index in [1.807, 2.05) is 31.2 Å². The van der Waals surface area contributed by atoms with E-state index in [0.717, 1.165) is 42.5 Å². The van der Waals surface area contributed by atoms with Gasteiger partial charge in [-0.1, -0.05) is 79.7 Å². The Morgan fingerprint density at radius 1 is 0.925 bits per heavy atom. The fourth-order valence-electron chi connectivity index (χ4n) is 5.25. The van der Waals surface area contributed by atoms with Crippen LogP contribution in [0.2, 0.25) is 0 Å². The standard InChI is InChI=1S/C32H31N3O5/c1-3-21-17-19-22(20-18-21)28(36)35-32(23-11-6-4-7-12-23,24-13-8-5-9-14-24)27(30(37)38)40-31-33-26-16-10-15-25(26)29(34-31)39-2/h4-9,11-14,17-20,27H,3,10,15-16H2,1-2H3,(H,35,36)(H,37,38). The molecule has 1 amide bonds. The number of carboxylic acids is 1. The lowest BCUT2D eigenvalue weighted by Crippen LogP contribution is -2.60. The number of nitrogens with one attached hydrogen (secondary N) is 1. The van der Waals surface area contributed by atoms with Crippen LogP contribution in [-0.4, -0.2) is 40.2 Å². The zero-order valence-corrected chi connectivity index (χ0v) is 22.5. The van der Waals surface area contributed by atoms with Crippen molar-refractivity contribution in [1.29, 1.82) is 0 Å². The predicted molar refractivity (Wildman–Crippen MR) is 150 cm³/mol. The Morgan fingerprint density at radius 2 is 1.55 bits per heavy atom. The van der Waals surface area contributed by atoms with Crippen LogP contribution in [-0.2, 0) is 29.6 Å². The number of carbonyl (C=O) groups excluding carboxylic acids is 1. The summed E-state index contributed by atoms with van der Waals surface area (Å²) in [7, 11) is 1.52. The highest BCUT2D eigenvalue weighted by Crippen LogP contribution is 2.37. The van der Waals surface area contributed by atoms with Crippen LogP contribution in [0.5, 0.6) is 11.9 Å². The molecule has 0 spiro atoms. The number of amides is 1. The molecule has 0 radical (unpaired) electrons. The van der Waals surface area contributed by atoms with Crippen LogP contribution >= 0.6 is 0 Å². The van der Waals surface area contributed by atoms with E-state index in [1.165, 1.54) is 7.11 Å². The summed E-state index contributed by atoms with van der Waals surface area (Å²) < 4.78 is 11.7. The summed E-state index contributed by atoms with van der Waals surface area (Å²) in [4.78, 5) is 35.9. The molecule has 0 bridgehead atoms. The number of methoxy groups -OCH3 is 1. The maximum Gasteiger partial charge on any atom is 0.348 e. The molecule has 5 rings (SSSR count). The quantitative estimate of drug-likeness (QED) is 0.301. The Bertz CT molecular complexity index is 1450. The lowest BCUT2D eigenvalue weighted by molar-refractivity contribution is -0.148. The van der Waals surface area contributed by atoms with Crippen LogP contribution in [0.25, 0.3) is 0 Å². The third kappa shape index (κ3) is 5.12. The van der Waals surface area contributed by atoms with Gasteiger partial charge in [0, 0.05) is 11.1 Å². The molecule has 3 aromatic carbocycles. The summed E-state index contributed by atoms with van der Waals surface area (Å²) in [5, 5.41) is 13.8. The van der Waals surface area contributed by atoms with Gasteiger partial charge in [0.1, 0.15) is 5.54 Å². The summed E-state index contributed by atoms with van der Waals surface area (Å²) in [6.45, 7) is 2.04. The van der Waals surface area contributed by atoms with E-state index in [4.69, 9.17) is 9.47 Å². The van der Waals surface area contributed by atoms with Gasteiger partial charge in [-0.15, -0.1) is 0 Å². The summed E-state index contributed by atoms with van der Waals surface area (Å²) in [6.07, 6.45) is 1.59. The summed E-state index contributed by atoms with van der Waals surface area (Å²) in [6, 6.07) is 25.1. The largest absolute Gasteiger partial charge is 0.481 e. The smallest absolute Gasteiger partial charge is 0.348 e. The van der Waals surface area contributed by atoms with Crippen molar-refractivity contribution in [2.45, 2.75) is 44.2 Å². The maximum absolute atomic E-state index is 13.8. The number of aliphatic carboxylic acids is 1. The average molecular weight is 538 g/mol. The summed E-state index contributed by atoms with van der Waals surface area (Å²) in [5.41, 5.74) is 2.57. The molecule has 204 valence electrons. The van der Waals surface area contributed by atoms with Crippen molar-refractivity contribution in [2.24, 2.45) is 0 Å². The lowest BCUT2D eigenvalue weighted by atomic mass is 9.77. The molecule has 1 unspecified atom stereocenters. The van der Waals surface area contributed by atoms with Gasteiger partial charge in [0.25, 0.3) is 5.91 Å². The van der Waals surface area contributed by atoms with E-state index >= 15 is 0 Å². The van der Waals surface area contributed by atoms with Crippen LogP contribution in [0.1, 0.15) is 51.7 Å². The average Bonchev–Trinajstić information content (AvgIpc) is 3.48. The minimum absolute atomic E-state index is 0.123. The van der Waals surface area contributed by atoms with Crippen LogP contribution in [0.15, 0.2) is 84.9 Å². The fourth-order valence-corrected chi connectivity index (χ4v) is 5.25. The SMILES string of the molecule is CCc1ccc(C(=O)NC(c2ccccc2)(c2ccccc2)C(Oc2nc3c(c(OC)n2)CCC3)C(=O)O)cc1. The molecular formula is C32H31N3O5. The second-order valence-corrected chi connectivity index (χ2v) is 9.68. The van der Waals surface area contributed by atoms with E-state index in [9.17, 15) is 14.7 Å². The molecule has 0 saturated carbocycles. The third-order valence-electron chi connectivity index (χ3n) is 7.30. The van der Waals surface area contributed by atoms with Gasteiger partial charge < -0.3 is 19.9 Å². The second-order valence-electron chi connectivity index (χ2n) is 9.68. The number of benzene rings is 3. The molecule has 1 aliphatic carbocycles. The second kappa shape index (κ2) is 11.6. The molecular weight excluding hydrogens is 506 g/mol. The van der Waals surface area contributed by atoms with Crippen molar-refractivity contribution in [3.63, 3.8) is 0 Å². The number of aryl methyl sites for hydroxylation is 2. The molecule has 1 atom stereocenters. The van der Waals surface area contributed by atoms with Gasteiger partial charge >= 0.3 is 12.0 Å². The molecule has 4 aromatic rings. The highest BCUT2D eigenvalue weighted by atomic mass is 16.5. The minimum Gasteiger partial charge on any atom is -0.481 e. The van der Waals surface area contributed by atoms with Gasteiger partial charge in [0.2, 0.25) is 12.0 Å². The Balaban J connectivity index is 1.68. The van der Waals surface area contributed by atoms with Gasteiger partial charge in [0.15, 0.2) is 0 Å². The van der Waals surface area contributed by atoms with E-state index in [1.54, 1.807) is 60.7 Å². The molecule has 8 heteroatoms. The maximum atomic E-state index is 13.8. The highest BCUT2D eigenvalue weighted by Gasteiger charge is 2.50. The van der Waals surface area contributed by atoms with Crippen molar-refractivity contribution in [2.75, 3.05) is 7.11 Å². The molecule has 40 heavy (non-hydrogen) atoms. The number of carboxylic acid groups (broad SMARTS) is 1. The lowest BCUT2D eigenvalue weighted by Gasteiger charge is -2.39. The van der Waals surface area contributed by atoms with Gasteiger partial charge in [-0.05, 0) is 54.5 Å². The zero-order chi connectivity index (χ0) is 28.1. The van der Waals surface area contributed by atoms with Gasteiger partial charge in [0.05, 0.1) is 12.8 Å². The number of hydrogen-bond donors (Lipinski definition) is 2. The number of rotatable bonds is 10. The Morgan fingerprint density at radius 3 is 2.10 bits per heavy atom. The molecule has 8 nitrogen and oxygen atoms in total. The van der Waals surface area contributed by atoms with E-state index in [2.05, 4.69) is 15.3 Å². The van der Waals surface area contributed by atoms with E-state index < -0.39 is 23.5 Å². The normalized spacial score (nSPS) is 13.2. The fraction of sp³-hybridized carbons (Fsp3) is 0.250. The number of aromatic nitrogens is 2. The van der Waals surface area contributed by atoms with E-state index in [0.29, 0.717) is 22.6 Å². The minimum atomic E-state index is -1.65. The van der Waals surface area contributed by atoms with Crippen molar-refractivity contribution >= 4 is 11.9 Å². The Labute approximate surface area is 233 Å². The van der Waals surface area contributed by atoms with Gasteiger partial charge in [-0.25, -0.2) is 4.79 Å². The molecule has 1 aliphatic rings. The molecule has 2 N–H and O–H groups in total. The van der Waals surface area contributed by atoms with Crippen molar-refractivity contribution in [3.8, 4) is 11.9 Å². The van der Waals surface area contributed by atoms with Crippen molar-refractivity contribution < 1.29 is 24.2 Å². The number of carbonyl (C=O) groups is 2. The monoisotopic (exact) mass is 537 g/mol. The topological polar surface area (TPSA) is 111 Å². The Kier molecular flexibility index (Phi) is 7.77. The summed E-state index contributed by atoms with van der Waals surface area (Å²) >= 11 is 0.